The van der Waals surface area contributed by atoms with Crippen molar-refractivity contribution in [1.82, 2.24) is 0 Å². The van der Waals surface area contributed by atoms with E-state index in [1.807, 2.05) is 12.1 Å². The minimum atomic E-state index is 0.238. The maximum Gasteiger partial charge on any atom is 0.164 e. The van der Waals surface area contributed by atoms with Gasteiger partial charge in [-0.25, -0.2) is 0 Å². The van der Waals surface area contributed by atoms with E-state index in [2.05, 4.69) is 6.07 Å². The van der Waals surface area contributed by atoms with Gasteiger partial charge in [0.1, 0.15) is 0 Å². The number of ketones is 1. The molecule has 0 amide bonds. The Hall–Kier alpha value is -0.820. The number of carbonyl (C=O) groups is 1. The fourth-order valence-electron chi connectivity index (χ4n) is 3.61. The van der Waals surface area contributed by atoms with E-state index < -0.39 is 0 Å². The normalized spacial score (nSPS) is 22.5. The lowest BCUT2D eigenvalue weighted by Crippen LogP contribution is -2.35. The molecule has 0 aromatic heterocycles. The van der Waals surface area contributed by atoms with E-state index in [0.29, 0.717) is 11.4 Å². The Morgan fingerprint density at radius 3 is 2.59 bits per heavy atom. The lowest BCUT2D eigenvalue weighted by atomic mass is 9.62. The van der Waals surface area contributed by atoms with Crippen LogP contribution in [0.25, 0.3) is 0 Å². The van der Waals surface area contributed by atoms with Gasteiger partial charge in [-0.1, -0.05) is 43.0 Å². The van der Waals surface area contributed by atoms with Gasteiger partial charge < -0.3 is 0 Å². The van der Waals surface area contributed by atoms with Crippen molar-refractivity contribution in [2.45, 2.75) is 50.4 Å². The minimum Gasteiger partial charge on any atom is -0.294 e. The smallest absolute Gasteiger partial charge is 0.164 e. The summed E-state index contributed by atoms with van der Waals surface area (Å²) in [6, 6.07) is 5.97. The van der Waals surface area contributed by atoms with Crippen molar-refractivity contribution in [1.29, 1.82) is 0 Å². The predicted molar refractivity (Wildman–Crippen MR) is 69.8 cm³/mol. The van der Waals surface area contributed by atoms with Crippen molar-refractivity contribution in [2.75, 3.05) is 0 Å². The van der Waals surface area contributed by atoms with E-state index in [1.54, 1.807) is 0 Å². The summed E-state index contributed by atoms with van der Waals surface area (Å²) < 4.78 is 0. The van der Waals surface area contributed by atoms with Gasteiger partial charge in [0.2, 0.25) is 0 Å². The third-order valence-corrected chi connectivity index (χ3v) is 4.82. The Kier molecular flexibility index (Phi) is 2.74. The highest BCUT2D eigenvalue weighted by Crippen LogP contribution is 2.48. The van der Waals surface area contributed by atoms with Crippen molar-refractivity contribution >= 4 is 17.4 Å². The Morgan fingerprint density at radius 2 is 1.82 bits per heavy atom. The predicted octanol–water partition coefficient (Wildman–Crippen LogP) is 4.52. The number of benzene rings is 1. The summed E-state index contributed by atoms with van der Waals surface area (Å²) in [5.74, 6) is 0.238. The average Bonchev–Trinajstić information content (AvgIpc) is 2.36. The van der Waals surface area contributed by atoms with Crippen LogP contribution in [0.5, 0.6) is 0 Å². The summed E-state index contributed by atoms with van der Waals surface area (Å²) in [7, 11) is 0. The Labute approximate surface area is 107 Å². The number of fused-ring (bicyclic) bond motifs is 2. The average molecular weight is 249 g/mol. The Balaban J connectivity index is 2.14. The van der Waals surface area contributed by atoms with Gasteiger partial charge in [0.15, 0.2) is 5.78 Å². The van der Waals surface area contributed by atoms with E-state index in [4.69, 9.17) is 11.6 Å². The number of hydrogen-bond acceptors (Lipinski definition) is 1. The van der Waals surface area contributed by atoms with Crippen LogP contribution in [0.15, 0.2) is 18.2 Å². The second-order valence-electron chi connectivity index (χ2n) is 5.43. The van der Waals surface area contributed by atoms with Crippen molar-refractivity contribution < 1.29 is 4.79 Å². The molecule has 3 rings (SSSR count). The first-order valence-electron chi connectivity index (χ1n) is 6.55. The number of Topliss-reactive ketones (excluding diaryl/α,β-unsaturated/α-hetero) is 1. The standard InChI is InChI=1S/C15H17ClO/c16-12-6-4-5-11-14(12)13(17)7-10-15(11)8-2-1-3-9-15/h4-6H,1-3,7-10H2. The van der Waals surface area contributed by atoms with Gasteiger partial charge in [-0.2, -0.15) is 0 Å². The molecule has 0 atom stereocenters. The molecular weight excluding hydrogens is 232 g/mol. The summed E-state index contributed by atoms with van der Waals surface area (Å²) >= 11 is 6.22. The van der Waals surface area contributed by atoms with E-state index in [-0.39, 0.29) is 11.2 Å². The molecule has 1 spiro atoms. The molecule has 0 bridgehead atoms. The van der Waals surface area contributed by atoms with Gasteiger partial charge in [-0.3, -0.25) is 4.79 Å². The van der Waals surface area contributed by atoms with Crippen molar-refractivity contribution in [3.8, 4) is 0 Å². The van der Waals surface area contributed by atoms with Gasteiger partial charge >= 0.3 is 0 Å². The molecule has 2 aliphatic carbocycles. The molecule has 17 heavy (non-hydrogen) atoms. The minimum absolute atomic E-state index is 0.238. The van der Waals surface area contributed by atoms with Crippen LogP contribution < -0.4 is 0 Å². The lowest BCUT2D eigenvalue weighted by molar-refractivity contribution is 0.0939. The molecule has 0 N–H and O–H groups in total. The third kappa shape index (κ3) is 1.72. The molecule has 1 aromatic rings. The summed E-state index contributed by atoms with van der Waals surface area (Å²) in [6.07, 6.45) is 8.09. The second kappa shape index (κ2) is 4.13. The molecule has 0 aliphatic heterocycles. The third-order valence-electron chi connectivity index (χ3n) is 4.51. The van der Waals surface area contributed by atoms with Crippen LogP contribution in [0.1, 0.15) is 60.9 Å². The van der Waals surface area contributed by atoms with Gasteiger partial charge in [-0.05, 0) is 36.3 Å². The van der Waals surface area contributed by atoms with Crippen LogP contribution in [0.4, 0.5) is 0 Å². The highest BCUT2D eigenvalue weighted by atomic mass is 35.5. The molecular formula is C15H17ClO. The van der Waals surface area contributed by atoms with E-state index in [9.17, 15) is 4.79 Å². The maximum atomic E-state index is 12.0. The zero-order valence-electron chi connectivity index (χ0n) is 9.97. The highest BCUT2D eigenvalue weighted by molar-refractivity contribution is 6.34. The first kappa shape index (κ1) is 11.3. The highest BCUT2D eigenvalue weighted by Gasteiger charge is 2.40. The number of carbonyl (C=O) groups excluding carboxylic acids is 1. The van der Waals surface area contributed by atoms with Gasteiger partial charge in [0, 0.05) is 12.0 Å². The van der Waals surface area contributed by atoms with Crippen LogP contribution in [-0.4, -0.2) is 5.78 Å². The topological polar surface area (TPSA) is 17.1 Å². The molecule has 0 heterocycles. The first-order chi connectivity index (χ1) is 8.23. The van der Waals surface area contributed by atoms with Crippen LogP contribution in [0.2, 0.25) is 5.02 Å². The lowest BCUT2D eigenvalue weighted by Gasteiger charge is -2.41. The molecule has 2 aliphatic rings. The quantitative estimate of drug-likeness (QED) is 0.660. The molecule has 1 aromatic carbocycles. The maximum absolute atomic E-state index is 12.0. The SMILES string of the molecule is O=C1CCC2(CCCCC2)c2cccc(Cl)c21. The Morgan fingerprint density at radius 1 is 1.06 bits per heavy atom. The molecule has 1 nitrogen and oxygen atoms in total. The van der Waals surface area contributed by atoms with Gasteiger partial charge in [-0.15, -0.1) is 0 Å². The molecule has 0 saturated heterocycles. The molecule has 1 fully saturated rings. The van der Waals surface area contributed by atoms with Crippen molar-refractivity contribution in [3.05, 3.63) is 34.3 Å². The number of hydrogen-bond donors (Lipinski definition) is 0. The van der Waals surface area contributed by atoms with Crippen LogP contribution in [0.3, 0.4) is 0 Å². The molecule has 0 unspecified atom stereocenters. The molecule has 2 heteroatoms. The second-order valence-corrected chi connectivity index (χ2v) is 5.83. The molecule has 90 valence electrons. The summed E-state index contributed by atoms with van der Waals surface area (Å²) in [5.41, 5.74) is 2.31. The number of rotatable bonds is 0. The van der Waals surface area contributed by atoms with Crippen LogP contribution in [-0.2, 0) is 5.41 Å². The Bertz CT molecular complexity index is 458. The van der Waals surface area contributed by atoms with Crippen molar-refractivity contribution in [3.63, 3.8) is 0 Å². The van der Waals surface area contributed by atoms with Crippen LogP contribution in [0, 0.1) is 0 Å². The zero-order chi connectivity index (χ0) is 11.9. The van der Waals surface area contributed by atoms with Gasteiger partial charge in [0.25, 0.3) is 0 Å². The molecule has 0 radical (unpaired) electrons. The van der Waals surface area contributed by atoms with Gasteiger partial charge in [0.05, 0.1) is 5.02 Å². The van der Waals surface area contributed by atoms with Crippen molar-refractivity contribution in [2.24, 2.45) is 0 Å². The summed E-state index contributed by atoms with van der Waals surface area (Å²) in [6.45, 7) is 0. The van der Waals surface area contributed by atoms with Crippen LogP contribution >= 0.6 is 11.6 Å². The van der Waals surface area contributed by atoms with E-state index in [1.165, 1.54) is 37.7 Å². The largest absolute Gasteiger partial charge is 0.294 e. The summed E-state index contributed by atoms with van der Waals surface area (Å²) in [5, 5.41) is 0.650. The molecule has 1 saturated carbocycles. The number of halogens is 1. The zero-order valence-corrected chi connectivity index (χ0v) is 10.7. The summed E-state index contributed by atoms with van der Waals surface area (Å²) in [4.78, 5) is 12.0. The first-order valence-corrected chi connectivity index (χ1v) is 6.93. The van der Waals surface area contributed by atoms with E-state index in [0.717, 1.165) is 12.0 Å². The van der Waals surface area contributed by atoms with E-state index >= 15 is 0 Å². The monoisotopic (exact) mass is 248 g/mol. The fourth-order valence-corrected chi connectivity index (χ4v) is 3.89. The fraction of sp³-hybridized carbons (Fsp3) is 0.533.